The number of likely N-dealkylation sites (N-methyl/N-ethyl adjacent to an activating group) is 1. The summed E-state index contributed by atoms with van der Waals surface area (Å²) in [6, 6.07) is 8.55. The molecule has 1 aliphatic rings. The number of hydrogen-bond acceptors (Lipinski definition) is 2. The predicted octanol–water partition coefficient (Wildman–Crippen LogP) is 2.64. The Hall–Kier alpha value is -0.540. The molecule has 1 heterocycles. The van der Waals surface area contributed by atoms with E-state index < -0.39 is 0 Å². The van der Waals surface area contributed by atoms with Crippen molar-refractivity contribution in [2.75, 3.05) is 25.0 Å². The van der Waals surface area contributed by atoms with Crippen LogP contribution in [0, 0.1) is 0 Å². The van der Waals surface area contributed by atoms with Crippen LogP contribution in [-0.4, -0.2) is 25.7 Å². The third-order valence-corrected chi connectivity index (χ3v) is 3.80. The number of halogens is 1. The second-order valence-corrected chi connectivity index (χ2v) is 5.37. The molecule has 2 nitrogen and oxygen atoms in total. The van der Waals surface area contributed by atoms with Gasteiger partial charge in [-0.05, 0) is 44.7 Å². The topological polar surface area (TPSA) is 15.3 Å². The summed E-state index contributed by atoms with van der Waals surface area (Å²) in [6.45, 7) is 4.51. The van der Waals surface area contributed by atoms with Gasteiger partial charge < -0.3 is 10.2 Å². The van der Waals surface area contributed by atoms with Crippen LogP contribution in [0.1, 0.15) is 13.3 Å². The third kappa shape index (κ3) is 2.34. The van der Waals surface area contributed by atoms with Crippen molar-refractivity contribution >= 4 is 21.6 Å². The molecular formula is C12H17BrN2. The third-order valence-electron chi connectivity index (χ3n) is 3.27. The minimum absolute atomic E-state index is 0.271. The van der Waals surface area contributed by atoms with Gasteiger partial charge in [0.05, 0.1) is 0 Å². The second kappa shape index (κ2) is 4.14. The maximum atomic E-state index is 3.46. The molecule has 0 aromatic heterocycles. The van der Waals surface area contributed by atoms with Crippen molar-refractivity contribution < 1.29 is 0 Å². The molecule has 0 bridgehead atoms. The molecule has 1 aromatic rings. The lowest BCUT2D eigenvalue weighted by atomic mass is 10.0. The van der Waals surface area contributed by atoms with Crippen molar-refractivity contribution in [3.8, 4) is 0 Å². The Kier molecular flexibility index (Phi) is 3.03. The van der Waals surface area contributed by atoms with Gasteiger partial charge in [0.1, 0.15) is 0 Å². The molecule has 1 unspecified atom stereocenters. The van der Waals surface area contributed by atoms with Crippen LogP contribution < -0.4 is 10.2 Å². The number of nitrogens with zero attached hydrogens (tertiary/aromatic N) is 1. The van der Waals surface area contributed by atoms with Crippen LogP contribution in [0.4, 0.5) is 5.69 Å². The first kappa shape index (κ1) is 11.0. The monoisotopic (exact) mass is 268 g/mol. The van der Waals surface area contributed by atoms with Crippen molar-refractivity contribution in [2.45, 2.75) is 18.9 Å². The van der Waals surface area contributed by atoms with E-state index >= 15 is 0 Å². The molecule has 82 valence electrons. The zero-order valence-electron chi connectivity index (χ0n) is 9.26. The first-order valence-corrected chi connectivity index (χ1v) is 6.12. The zero-order chi connectivity index (χ0) is 10.9. The summed E-state index contributed by atoms with van der Waals surface area (Å²) in [6.07, 6.45) is 1.21. The fraction of sp³-hybridized carbons (Fsp3) is 0.500. The van der Waals surface area contributed by atoms with E-state index in [4.69, 9.17) is 0 Å². The summed E-state index contributed by atoms with van der Waals surface area (Å²) in [5, 5.41) is 3.40. The number of benzene rings is 1. The van der Waals surface area contributed by atoms with Crippen molar-refractivity contribution in [1.82, 2.24) is 5.32 Å². The molecule has 1 aromatic carbocycles. The first-order chi connectivity index (χ1) is 7.13. The highest BCUT2D eigenvalue weighted by atomic mass is 79.9. The molecule has 2 rings (SSSR count). The lowest BCUT2D eigenvalue weighted by Gasteiger charge is -2.25. The highest BCUT2D eigenvalue weighted by Gasteiger charge is 2.31. The standard InChI is InChI=1S/C12H17BrN2/c1-12(14-2)7-8-15(9-12)11-5-3-10(13)4-6-11/h3-6,14H,7-9H2,1-2H3. The van der Waals surface area contributed by atoms with Gasteiger partial charge in [-0.1, -0.05) is 15.9 Å². The van der Waals surface area contributed by atoms with E-state index in [1.54, 1.807) is 0 Å². The maximum absolute atomic E-state index is 3.46. The van der Waals surface area contributed by atoms with Crippen molar-refractivity contribution in [2.24, 2.45) is 0 Å². The largest absolute Gasteiger partial charge is 0.370 e. The first-order valence-electron chi connectivity index (χ1n) is 5.32. The molecule has 0 aliphatic carbocycles. The minimum atomic E-state index is 0.271. The van der Waals surface area contributed by atoms with E-state index in [1.807, 2.05) is 7.05 Å². The van der Waals surface area contributed by atoms with Gasteiger partial charge in [-0.2, -0.15) is 0 Å². The molecule has 0 radical (unpaired) electrons. The lowest BCUT2D eigenvalue weighted by molar-refractivity contribution is 0.428. The van der Waals surface area contributed by atoms with E-state index in [1.165, 1.54) is 12.1 Å². The Balaban J connectivity index is 2.11. The smallest absolute Gasteiger partial charge is 0.0367 e. The predicted molar refractivity (Wildman–Crippen MR) is 68.4 cm³/mol. The van der Waals surface area contributed by atoms with Crippen LogP contribution in [-0.2, 0) is 0 Å². The quantitative estimate of drug-likeness (QED) is 0.888. The van der Waals surface area contributed by atoms with Gasteiger partial charge >= 0.3 is 0 Å². The van der Waals surface area contributed by atoms with E-state index in [2.05, 4.69) is 57.3 Å². The maximum Gasteiger partial charge on any atom is 0.0367 e. The van der Waals surface area contributed by atoms with Crippen molar-refractivity contribution in [3.05, 3.63) is 28.7 Å². The average molecular weight is 269 g/mol. The van der Waals surface area contributed by atoms with Gasteiger partial charge in [-0.3, -0.25) is 0 Å². The molecule has 1 atom stereocenters. The van der Waals surface area contributed by atoms with E-state index in [9.17, 15) is 0 Å². The van der Waals surface area contributed by atoms with Crippen LogP contribution >= 0.6 is 15.9 Å². The number of nitrogens with one attached hydrogen (secondary N) is 1. The van der Waals surface area contributed by atoms with Crippen LogP contribution in [0.25, 0.3) is 0 Å². The Morgan fingerprint density at radius 2 is 2.00 bits per heavy atom. The average Bonchev–Trinajstić information content (AvgIpc) is 2.63. The molecule has 1 saturated heterocycles. The number of hydrogen-bond donors (Lipinski definition) is 1. The highest BCUT2D eigenvalue weighted by molar-refractivity contribution is 9.10. The molecule has 1 N–H and O–H groups in total. The van der Waals surface area contributed by atoms with Gasteiger partial charge in [-0.15, -0.1) is 0 Å². The molecule has 1 fully saturated rings. The Bertz CT molecular complexity index is 336. The second-order valence-electron chi connectivity index (χ2n) is 4.46. The van der Waals surface area contributed by atoms with Crippen LogP contribution in [0.15, 0.2) is 28.7 Å². The number of rotatable bonds is 2. The van der Waals surface area contributed by atoms with E-state index in [0.717, 1.165) is 17.6 Å². The van der Waals surface area contributed by atoms with Gasteiger partial charge in [0.15, 0.2) is 0 Å². The summed E-state index contributed by atoms with van der Waals surface area (Å²) in [4.78, 5) is 2.43. The van der Waals surface area contributed by atoms with Crippen LogP contribution in [0.3, 0.4) is 0 Å². The summed E-state index contributed by atoms with van der Waals surface area (Å²) < 4.78 is 1.14. The summed E-state index contributed by atoms with van der Waals surface area (Å²) >= 11 is 3.46. The van der Waals surface area contributed by atoms with Gasteiger partial charge in [0, 0.05) is 28.8 Å². The Morgan fingerprint density at radius 3 is 2.53 bits per heavy atom. The molecular weight excluding hydrogens is 252 g/mol. The minimum Gasteiger partial charge on any atom is -0.370 e. The Labute approximate surface area is 99.8 Å². The normalized spacial score (nSPS) is 25.9. The fourth-order valence-electron chi connectivity index (χ4n) is 2.04. The molecule has 0 amide bonds. The molecule has 1 aliphatic heterocycles. The number of anilines is 1. The summed E-state index contributed by atoms with van der Waals surface area (Å²) in [7, 11) is 2.05. The van der Waals surface area contributed by atoms with Gasteiger partial charge in [0.2, 0.25) is 0 Å². The zero-order valence-corrected chi connectivity index (χ0v) is 10.8. The highest BCUT2D eigenvalue weighted by Crippen LogP contribution is 2.27. The van der Waals surface area contributed by atoms with Crippen molar-refractivity contribution in [3.63, 3.8) is 0 Å². The van der Waals surface area contributed by atoms with E-state index in [-0.39, 0.29) is 5.54 Å². The summed E-state index contributed by atoms with van der Waals surface area (Å²) in [5.74, 6) is 0. The molecule has 0 saturated carbocycles. The molecule has 3 heteroatoms. The van der Waals surface area contributed by atoms with Crippen LogP contribution in [0.2, 0.25) is 0 Å². The SMILES string of the molecule is CNC1(C)CCN(c2ccc(Br)cc2)C1. The van der Waals surface area contributed by atoms with Crippen LogP contribution in [0.5, 0.6) is 0 Å². The van der Waals surface area contributed by atoms with Gasteiger partial charge in [-0.25, -0.2) is 0 Å². The summed E-state index contributed by atoms with van der Waals surface area (Å²) in [5.41, 5.74) is 1.59. The van der Waals surface area contributed by atoms with Crippen molar-refractivity contribution in [1.29, 1.82) is 0 Å². The fourth-order valence-corrected chi connectivity index (χ4v) is 2.30. The van der Waals surface area contributed by atoms with E-state index in [0.29, 0.717) is 0 Å². The molecule has 15 heavy (non-hydrogen) atoms. The lowest BCUT2D eigenvalue weighted by Crippen LogP contribution is -2.42. The molecule has 0 spiro atoms. The Morgan fingerprint density at radius 1 is 1.33 bits per heavy atom. The van der Waals surface area contributed by atoms with Gasteiger partial charge in [0.25, 0.3) is 0 Å².